The number of anilines is 1. The van der Waals surface area contributed by atoms with Gasteiger partial charge >= 0.3 is 12.0 Å². The predicted octanol–water partition coefficient (Wildman–Crippen LogP) is 5.20. The topological polar surface area (TPSA) is 112 Å². The first-order valence-electron chi connectivity index (χ1n) is 13.8. The first-order chi connectivity index (χ1) is 20.4. The lowest BCUT2D eigenvalue weighted by molar-refractivity contribution is -0.140. The van der Waals surface area contributed by atoms with Crippen molar-refractivity contribution in [3.8, 4) is 11.5 Å². The average molecular weight is 573 g/mol. The van der Waals surface area contributed by atoms with Crippen LogP contribution in [-0.2, 0) is 22.5 Å². The summed E-state index contributed by atoms with van der Waals surface area (Å²) in [7, 11) is 4.38. The van der Waals surface area contributed by atoms with Crippen LogP contribution >= 0.6 is 0 Å². The highest BCUT2D eigenvalue weighted by atomic mass is 16.5. The van der Waals surface area contributed by atoms with Crippen LogP contribution in [-0.4, -0.2) is 54.3 Å². The molecule has 0 saturated carbocycles. The second-order valence-electron chi connectivity index (χ2n) is 9.62. The van der Waals surface area contributed by atoms with E-state index in [2.05, 4.69) is 5.32 Å². The second-order valence-corrected chi connectivity index (χ2v) is 9.62. The van der Waals surface area contributed by atoms with E-state index in [9.17, 15) is 14.4 Å². The highest BCUT2D eigenvalue weighted by molar-refractivity contribution is 5.91. The number of hydrogen-bond donors (Lipinski definition) is 1. The van der Waals surface area contributed by atoms with Crippen molar-refractivity contribution in [1.29, 1.82) is 0 Å². The summed E-state index contributed by atoms with van der Waals surface area (Å²) in [6.07, 6.45) is 1.02. The van der Waals surface area contributed by atoms with E-state index in [1.165, 1.54) is 18.8 Å². The normalized spacial score (nSPS) is 11.5. The Balaban J connectivity index is 1.79. The Morgan fingerprint density at radius 1 is 0.976 bits per heavy atom. The van der Waals surface area contributed by atoms with Gasteiger partial charge in [-0.2, -0.15) is 0 Å². The molecule has 0 fully saturated rings. The van der Waals surface area contributed by atoms with E-state index < -0.39 is 12.0 Å². The zero-order chi connectivity index (χ0) is 30.1. The number of ether oxygens (including phenoxy) is 3. The van der Waals surface area contributed by atoms with Crippen molar-refractivity contribution >= 4 is 28.6 Å². The molecule has 1 N–H and O–H groups in total. The highest BCUT2D eigenvalue weighted by Gasteiger charge is 2.29. The van der Waals surface area contributed by atoms with Crippen molar-refractivity contribution in [1.82, 2.24) is 14.5 Å². The molecule has 0 aliphatic carbocycles. The molecule has 1 atom stereocenters. The quantitative estimate of drug-likeness (QED) is 0.232. The molecule has 42 heavy (non-hydrogen) atoms. The van der Waals surface area contributed by atoms with Gasteiger partial charge in [-0.1, -0.05) is 49.4 Å². The summed E-state index contributed by atoms with van der Waals surface area (Å²) >= 11 is 0. The zero-order valence-electron chi connectivity index (χ0n) is 24.3. The molecule has 220 valence electrons. The van der Waals surface area contributed by atoms with Crippen molar-refractivity contribution in [2.45, 2.75) is 38.8 Å². The molecule has 1 unspecified atom stereocenters. The van der Waals surface area contributed by atoms with Gasteiger partial charge in [-0.25, -0.2) is 9.78 Å². The highest BCUT2D eigenvalue weighted by Crippen LogP contribution is 2.31. The summed E-state index contributed by atoms with van der Waals surface area (Å²) in [6, 6.07) is 21.1. The number of hydrogen-bond acceptors (Lipinski definition) is 7. The van der Waals surface area contributed by atoms with E-state index in [0.717, 1.165) is 5.56 Å². The molecule has 0 spiro atoms. The van der Waals surface area contributed by atoms with Gasteiger partial charge in [-0.3, -0.25) is 14.2 Å². The van der Waals surface area contributed by atoms with E-state index in [0.29, 0.717) is 53.3 Å². The summed E-state index contributed by atoms with van der Waals surface area (Å²) in [4.78, 5) is 46.4. The van der Waals surface area contributed by atoms with Gasteiger partial charge in [0, 0.05) is 19.2 Å². The minimum absolute atomic E-state index is 0.0148. The minimum Gasteiger partial charge on any atom is -0.497 e. The summed E-state index contributed by atoms with van der Waals surface area (Å²) in [5.74, 6) is 0.985. The number of para-hydroxylation sites is 1. The molecule has 0 saturated heterocycles. The van der Waals surface area contributed by atoms with Crippen LogP contribution in [0.1, 0.15) is 37.2 Å². The van der Waals surface area contributed by atoms with Gasteiger partial charge in [0.1, 0.15) is 17.3 Å². The van der Waals surface area contributed by atoms with Crippen LogP contribution in [0.4, 0.5) is 10.5 Å². The van der Waals surface area contributed by atoms with E-state index in [-0.39, 0.29) is 24.6 Å². The molecule has 3 aromatic carbocycles. The summed E-state index contributed by atoms with van der Waals surface area (Å²) < 4.78 is 17.1. The average Bonchev–Trinajstić information content (AvgIpc) is 3.03. The summed E-state index contributed by atoms with van der Waals surface area (Å²) in [6.45, 7) is 2.34. The molecular formula is C32H36N4O6. The Labute approximate surface area is 244 Å². The lowest BCUT2D eigenvalue weighted by atomic mass is 10.1. The van der Waals surface area contributed by atoms with Gasteiger partial charge < -0.3 is 24.4 Å². The van der Waals surface area contributed by atoms with Crippen molar-refractivity contribution in [2.24, 2.45) is 0 Å². The monoisotopic (exact) mass is 572 g/mol. The number of nitrogens with zero attached hydrogens (tertiary/aromatic N) is 3. The number of rotatable bonds is 12. The molecule has 4 rings (SSSR count). The van der Waals surface area contributed by atoms with Crippen LogP contribution < -0.4 is 20.3 Å². The maximum absolute atomic E-state index is 14.0. The number of carbonyl (C=O) groups is 2. The smallest absolute Gasteiger partial charge is 0.322 e. The number of aromatic nitrogens is 2. The fourth-order valence-corrected chi connectivity index (χ4v) is 4.89. The number of nitrogens with one attached hydrogen (secondary N) is 1. The molecule has 10 nitrogen and oxygen atoms in total. The number of benzene rings is 3. The van der Waals surface area contributed by atoms with E-state index in [4.69, 9.17) is 19.2 Å². The molecule has 4 aromatic rings. The van der Waals surface area contributed by atoms with Gasteiger partial charge in [0.05, 0.1) is 50.4 Å². The van der Waals surface area contributed by atoms with Crippen LogP contribution in [0.5, 0.6) is 11.5 Å². The second kappa shape index (κ2) is 14.2. The van der Waals surface area contributed by atoms with E-state index in [1.807, 2.05) is 43.3 Å². The molecule has 0 aliphatic heterocycles. The Morgan fingerprint density at radius 2 is 1.71 bits per heavy atom. The van der Waals surface area contributed by atoms with E-state index >= 15 is 0 Å². The van der Waals surface area contributed by atoms with Gasteiger partial charge in [-0.05, 0) is 42.7 Å². The fraction of sp³-hybridized carbons (Fsp3) is 0.312. The van der Waals surface area contributed by atoms with Gasteiger partial charge in [0.15, 0.2) is 0 Å². The molecule has 0 radical (unpaired) electrons. The maximum Gasteiger partial charge on any atom is 0.322 e. The maximum atomic E-state index is 14.0. The Kier molecular flexibility index (Phi) is 10.1. The lowest BCUT2D eigenvalue weighted by Crippen LogP contribution is -2.42. The van der Waals surface area contributed by atoms with Gasteiger partial charge in [-0.15, -0.1) is 0 Å². The largest absolute Gasteiger partial charge is 0.497 e. The first kappa shape index (κ1) is 30.1. The number of amides is 2. The zero-order valence-corrected chi connectivity index (χ0v) is 24.3. The minimum atomic E-state index is -0.590. The fourth-order valence-electron chi connectivity index (χ4n) is 4.89. The molecule has 10 heteroatoms. The Bertz CT molecular complexity index is 1590. The number of esters is 1. The third-order valence-corrected chi connectivity index (χ3v) is 7.11. The van der Waals surface area contributed by atoms with Crippen molar-refractivity contribution in [3.05, 3.63) is 94.5 Å². The van der Waals surface area contributed by atoms with Crippen molar-refractivity contribution in [3.63, 3.8) is 0 Å². The summed E-state index contributed by atoms with van der Waals surface area (Å²) in [5, 5.41) is 3.42. The first-order valence-corrected chi connectivity index (χ1v) is 13.8. The third-order valence-electron chi connectivity index (χ3n) is 7.11. The number of fused-ring (bicyclic) bond motifs is 1. The number of carbonyl (C=O) groups excluding carboxylic acids is 2. The predicted molar refractivity (Wildman–Crippen MR) is 161 cm³/mol. The molecule has 1 aromatic heterocycles. The van der Waals surface area contributed by atoms with Crippen LogP contribution in [0, 0.1) is 0 Å². The van der Waals surface area contributed by atoms with Crippen LogP contribution in [0.15, 0.2) is 77.6 Å². The molecule has 0 bridgehead atoms. The Hall–Kier alpha value is -4.86. The third kappa shape index (κ3) is 6.88. The Morgan fingerprint density at radius 3 is 2.40 bits per heavy atom. The molecule has 2 amide bonds. The van der Waals surface area contributed by atoms with Crippen LogP contribution in [0.2, 0.25) is 0 Å². The molecular weight excluding hydrogens is 536 g/mol. The van der Waals surface area contributed by atoms with Crippen molar-refractivity contribution < 1.29 is 23.8 Å². The number of methoxy groups -OCH3 is 3. The van der Waals surface area contributed by atoms with Gasteiger partial charge in [0.2, 0.25) is 0 Å². The SMILES string of the molecule is CCC(c1nc2ccccc2c(=O)n1CCC(=O)OC)N(CCc1ccccc1)C(=O)Nc1ccc(OC)cc1OC. The van der Waals surface area contributed by atoms with E-state index in [1.54, 1.807) is 48.4 Å². The summed E-state index contributed by atoms with van der Waals surface area (Å²) in [5.41, 5.74) is 1.77. The molecule has 1 heterocycles. The van der Waals surface area contributed by atoms with Crippen LogP contribution in [0.25, 0.3) is 10.9 Å². The number of urea groups is 1. The lowest BCUT2D eigenvalue weighted by Gasteiger charge is -2.32. The molecule has 0 aliphatic rings. The van der Waals surface area contributed by atoms with Gasteiger partial charge in [0.25, 0.3) is 5.56 Å². The van der Waals surface area contributed by atoms with Crippen molar-refractivity contribution in [2.75, 3.05) is 33.2 Å². The van der Waals surface area contributed by atoms with Crippen LogP contribution in [0.3, 0.4) is 0 Å². The standard InChI is InChI=1S/C32H36N4O6/c1-5-27(30-33-25-14-10-9-13-24(25)31(38)36(30)20-18-29(37)42-4)35(19-17-22-11-7-6-8-12-22)32(39)34-26-16-15-23(40-2)21-28(26)41-3/h6-16,21,27H,5,17-20H2,1-4H3,(H,34,39).